The van der Waals surface area contributed by atoms with E-state index in [9.17, 15) is 4.39 Å². The first-order chi connectivity index (χ1) is 15.2. The molecule has 3 aromatic carbocycles. The summed E-state index contributed by atoms with van der Waals surface area (Å²) in [6, 6.07) is 19.8. The van der Waals surface area contributed by atoms with Crippen molar-refractivity contribution >= 4 is 17.2 Å². The number of amidine groups is 1. The van der Waals surface area contributed by atoms with E-state index in [-0.39, 0.29) is 5.82 Å². The summed E-state index contributed by atoms with van der Waals surface area (Å²) >= 11 is 0. The van der Waals surface area contributed by atoms with E-state index in [4.69, 9.17) is 14.5 Å². The second-order valence-corrected chi connectivity index (χ2v) is 7.02. The molecule has 0 amide bonds. The lowest BCUT2D eigenvalue weighted by molar-refractivity contribution is 0.317. The lowest BCUT2D eigenvalue weighted by Gasteiger charge is -2.09. The van der Waals surface area contributed by atoms with Gasteiger partial charge in [0.15, 0.2) is 5.84 Å². The second kappa shape index (κ2) is 9.43. The Bertz CT molecular complexity index is 1110. The second-order valence-electron chi connectivity index (χ2n) is 7.02. The van der Waals surface area contributed by atoms with Gasteiger partial charge in [-0.1, -0.05) is 6.92 Å². The van der Waals surface area contributed by atoms with Gasteiger partial charge in [-0.3, -0.25) is 5.43 Å². The number of nitrogens with zero attached hydrogens (tertiary/aromatic N) is 2. The number of hydrazone groups is 1. The minimum Gasteiger partial charge on any atom is -0.494 e. The van der Waals surface area contributed by atoms with E-state index in [1.807, 2.05) is 55.5 Å². The molecule has 0 fully saturated rings. The Balaban J connectivity index is 1.70. The van der Waals surface area contributed by atoms with Crippen LogP contribution in [0.3, 0.4) is 0 Å². The Morgan fingerprint density at radius 1 is 0.839 bits per heavy atom. The van der Waals surface area contributed by atoms with Gasteiger partial charge < -0.3 is 9.47 Å². The standard InChI is InChI=1S/C25H24FN3O2/c1-3-15-31-21-10-5-17(6-11-21)24-22-16-19(26)9-14-23(22)27-25(29-28-24)18-7-12-20(13-8-18)30-4-2/h5-14,16H,3-4,15H2,1-2H3,(H,27,29). The maximum atomic E-state index is 14.1. The minimum atomic E-state index is -0.339. The molecule has 0 aromatic heterocycles. The van der Waals surface area contributed by atoms with Gasteiger partial charge in [0.05, 0.1) is 18.9 Å². The number of ether oxygens (including phenoxy) is 2. The van der Waals surface area contributed by atoms with Crippen molar-refractivity contribution in [3.63, 3.8) is 0 Å². The van der Waals surface area contributed by atoms with Crippen LogP contribution < -0.4 is 14.9 Å². The zero-order valence-electron chi connectivity index (χ0n) is 17.6. The van der Waals surface area contributed by atoms with Crippen molar-refractivity contribution in [1.29, 1.82) is 0 Å². The van der Waals surface area contributed by atoms with E-state index in [1.54, 1.807) is 6.07 Å². The van der Waals surface area contributed by atoms with Crippen molar-refractivity contribution in [3.8, 4) is 11.5 Å². The first-order valence-electron chi connectivity index (χ1n) is 10.4. The van der Waals surface area contributed by atoms with Crippen molar-refractivity contribution in [1.82, 2.24) is 5.43 Å². The molecule has 1 aliphatic heterocycles. The third kappa shape index (κ3) is 4.74. The lowest BCUT2D eigenvalue weighted by Crippen LogP contribution is -2.19. The quantitative estimate of drug-likeness (QED) is 0.556. The molecule has 4 rings (SSSR count). The number of hydrogen-bond donors (Lipinski definition) is 1. The molecule has 1 aliphatic rings. The predicted octanol–water partition coefficient (Wildman–Crippen LogP) is 5.45. The van der Waals surface area contributed by atoms with E-state index < -0.39 is 0 Å². The van der Waals surface area contributed by atoms with Crippen LogP contribution in [-0.4, -0.2) is 24.8 Å². The number of aliphatic imine (C=N–C) groups is 1. The highest BCUT2D eigenvalue weighted by atomic mass is 19.1. The van der Waals surface area contributed by atoms with Crippen molar-refractivity contribution < 1.29 is 13.9 Å². The fourth-order valence-electron chi connectivity index (χ4n) is 3.26. The molecule has 31 heavy (non-hydrogen) atoms. The van der Waals surface area contributed by atoms with Gasteiger partial charge in [0.25, 0.3) is 0 Å². The Hall–Kier alpha value is -3.67. The summed E-state index contributed by atoms with van der Waals surface area (Å²) < 4.78 is 25.3. The van der Waals surface area contributed by atoms with Gasteiger partial charge in [-0.15, -0.1) is 0 Å². The van der Waals surface area contributed by atoms with E-state index in [2.05, 4.69) is 17.5 Å². The zero-order valence-corrected chi connectivity index (χ0v) is 17.6. The van der Waals surface area contributed by atoms with Crippen molar-refractivity contribution in [2.45, 2.75) is 20.3 Å². The van der Waals surface area contributed by atoms with Crippen molar-refractivity contribution in [3.05, 3.63) is 89.2 Å². The number of rotatable bonds is 7. The smallest absolute Gasteiger partial charge is 0.154 e. The number of halogens is 1. The lowest BCUT2D eigenvalue weighted by atomic mass is 10.0. The molecule has 0 saturated heterocycles. The normalized spacial score (nSPS) is 12.7. The summed E-state index contributed by atoms with van der Waals surface area (Å²) in [5.74, 6) is 1.82. The molecule has 1 heterocycles. The Morgan fingerprint density at radius 2 is 1.52 bits per heavy atom. The highest BCUT2D eigenvalue weighted by Gasteiger charge is 2.18. The monoisotopic (exact) mass is 417 g/mol. The maximum absolute atomic E-state index is 14.1. The van der Waals surface area contributed by atoms with Gasteiger partial charge in [-0.05, 0) is 80.1 Å². The highest BCUT2D eigenvalue weighted by molar-refractivity contribution is 6.18. The third-order valence-electron chi connectivity index (χ3n) is 4.76. The van der Waals surface area contributed by atoms with Crippen LogP contribution in [-0.2, 0) is 0 Å². The van der Waals surface area contributed by atoms with Crippen molar-refractivity contribution in [2.75, 3.05) is 13.2 Å². The molecular weight excluding hydrogens is 393 g/mol. The van der Waals surface area contributed by atoms with Crippen LogP contribution in [0.1, 0.15) is 37.0 Å². The molecule has 1 N–H and O–H groups in total. The molecule has 6 heteroatoms. The minimum absolute atomic E-state index is 0.339. The summed E-state index contributed by atoms with van der Waals surface area (Å²) in [6.07, 6.45) is 0.941. The molecule has 0 bridgehead atoms. The topological polar surface area (TPSA) is 55.2 Å². The van der Waals surface area contributed by atoms with Crippen LogP contribution >= 0.6 is 0 Å². The molecule has 0 saturated carbocycles. The Kier molecular flexibility index (Phi) is 6.26. The first kappa shape index (κ1) is 20.6. The van der Waals surface area contributed by atoms with Gasteiger partial charge in [0.2, 0.25) is 0 Å². The summed E-state index contributed by atoms with van der Waals surface area (Å²) in [7, 11) is 0. The average Bonchev–Trinajstić information content (AvgIpc) is 2.98. The maximum Gasteiger partial charge on any atom is 0.154 e. The van der Waals surface area contributed by atoms with Crippen LogP contribution in [0.5, 0.6) is 11.5 Å². The van der Waals surface area contributed by atoms with Crippen LogP contribution in [0.4, 0.5) is 10.1 Å². The predicted molar refractivity (Wildman–Crippen MR) is 121 cm³/mol. The summed E-state index contributed by atoms with van der Waals surface area (Å²) in [5, 5.41) is 4.58. The number of hydrogen-bond acceptors (Lipinski definition) is 5. The summed E-state index contributed by atoms with van der Waals surface area (Å²) in [6.45, 7) is 5.27. The van der Waals surface area contributed by atoms with Crippen LogP contribution in [0, 0.1) is 5.82 Å². The Morgan fingerprint density at radius 3 is 2.19 bits per heavy atom. The first-order valence-corrected chi connectivity index (χ1v) is 10.4. The zero-order chi connectivity index (χ0) is 21.6. The number of nitrogens with one attached hydrogen (secondary N) is 1. The highest BCUT2D eigenvalue weighted by Crippen LogP contribution is 2.27. The van der Waals surface area contributed by atoms with Gasteiger partial charge >= 0.3 is 0 Å². The van der Waals surface area contributed by atoms with Crippen LogP contribution in [0.2, 0.25) is 0 Å². The largest absolute Gasteiger partial charge is 0.494 e. The molecule has 0 radical (unpaired) electrons. The molecule has 158 valence electrons. The fraction of sp³-hybridized carbons (Fsp3) is 0.200. The molecule has 0 atom stereocenters. The van der Waals surface area contributed by atoms with Gasteiger partial charge in [-0.2, -0.15) is 5.10 Å². The van der Waals surface area contributed by atoms with Gasteiger partial charge in [0, 0.05) is 16.7 Å². The van der Waals surface area contributed by atoms with E-state index in [0.717, 1.165) is 29.0 Å². The summed E-state index contributed by atoms with van der Waals surface area (Å²) in [5.41, 5.74) is 6.62. The van der Waals surface area contributed by atoms with Gasteiger partial charge in [0.1, 0.15) is 23.0 Å². The van der Waals surface area contributed by atoms with E-state index in [1.165, 1.54) is 12.1 Å². The molecule has 5 nitrogen and oxygen atoms in total. The van der Waals surface area contributed by atoms with Crippen LogP contribution in [0.25, 0.3) is 0 Å². The van der Waals surface area contributed by atoms with Crippen molar-refractivity contribution in [2.24, 2.45) is 10.1 Å². The molecule has 0 unspecified atom stereocenters. The fourth-order valence-corrected chi connectivity index (χ4v) is 3.26. The van der Waals surface area contributed by atoms with E-state index in [0.29, 0.717) is 36.0 Å². The molecule has 0 spiro atoms. The molecule has 3 aromatic rings. The third-order valence-corrected chi connectivity index (χ3v) is 4.76. The van der Waals surface area contributed by atoms with E-state index >= 15 is 0 Å². The molecular formula is C25H24FN3O2. The van der Waals surface area contributed by atoms with Crippen LogP contribution in [0.15, 0.2) is 76.8 Å². The average molecular weight is 417 g/mol. The number of fused-ring (bicyclic) bond motifs is 1. The Labute approximate surface area is 181 Å². The number of benzene rings is 3. The summed E-state index contributed by atoms with van der Waals surface area (Å²) in [4.78, 5) is 4.72. The molecule has 0 aliphatic carbocycles. The SMILES string of the molecule is CCCOc1ccc(C2=NNC(c3ccc(OCC)cc3)=Nc3ccc(F)cc32)cc1. The van der Waals surface area contributed by atoms with Gasteiger partial charge in [-0.25, -0.2) is 9.38 Å².